The number of benzene rings is 1. The van der Waals surface area contributed by atoms with Gasteiger partial charge >= 0.3 is 0 Å². The van der Waals surface area contributed by atoms with Crippen LogP contribution in [-0.2, 0) is 9.59 Å². The number of nitrogens with two attached hydrogens (primary N) is 1. The maximum atomic E-state index is 11.9. The fourth-order valence-corrected chi connectivity index (χ4v) is 2.74. The van der Waals surface area contributed by atoms with Crippen LogP contribution in [0.25, 0.3) is 6.08 Å². The number of hydrogen-bond donors (Lipinski definition) is 1. The molecular weight excluding hydrogens is 296 g/mol. The quantitative estimate of drug-likeness (QED) is 0.672. The maximum Gasteiger partial charge on any atom is 0.265 e. The van der Waals surface area contributed by atoms with Crippen LogP contribution >= 0.6 is 24.0 Å². The van der Waals surface area contributed by atoms with Crippen molar-refractivity contribution in [1.29, 1.82) is 0 Å². The van der Waals surface area contributed by atoms with E-state index in [1.807, 2.05) is 6.07 Å². The SMILES string of the molecule is CN1C(=O)/C(=C\c2ccccc2OCC(N)=O)SC1=S. The third-order valence-corrected chi connectivity index (χ3v) is 4.05. The second-order valence-electron chi connectivity index (χ2n) is 4.03. The molecule has 0 unspecified atom stereocenters. The molecule has 1 aliphatic rings. The molecule has 0 saturated carbocycles. The van der Waals surface area contributed by atoms with Crippen LogP contribution in [0.15, 0.2) is 29.2 Å². The van der Waals surface area contributed by atoms with Crippen molar-refractivity contribution in [3.63, 3.8) is 0 Å². The van der Waals surface area contributed by atoms with Crippen LogP contribution in [0.1, 0.15) is 5.56 Å². The summed E-state index contributed by atoms with van der Waals surface area (Å²) in [5.74, 6) is -0.211. The zero-order valence-corrected chi connectivity index (χ0v) is 12.3. The van der Waals surface area contributed by atoms with E-state index in [0.29, 0.717) is 20.5 Å². The van der Waals surface area contributed by atoms with Crippen LogP contribution in [0.3, 0.4) is 0 Å². The Kier molecular flexibility index (Phi) is 4.41. The summed E-state index contributed by atoms with van der Waals surface area (Å²) in [6.07, 6.45) is 1.69. The van der Waals surface area contributed by atoms with E-state index in [9.17, 15) is 9.59 Å². The first-order valence-electron chi connectivity index (χ1n) is 5.70. The molecule has 0 radical (unpaired) electrons. The second kappa shape index (κ2) is 6.06. The zero-order chi connectivity index (χ0) is 14.7. The average Bonchev–Trinajstić information content (AvgIpc) is 2.65. The Labute approximate surface area is 125 Å². The molecule has 0 atom stereocenters. The number of rotatable bonds is 4. The molecule has 1 heterocycles. The predicted molar refractivity (Wildman–Crippen MR) is 82.1 cm³/mol. The highest BCUT2D eigenvalue weighted by Gasteiger charge is 2.28. The monoisotopic (exact) mass is 308 g/mol. The highest BCUT2D eigenvalue weighted by atomic mass is 32.2. The van der Waals surface area contributed by atoms with Gasteiger partial charge in [-0.1, -0.05) is 42.2 Å². The first kappa shape index (κ1) is 14.5. The van der Waals surface area contributed by atoms with E-state index in [-0.39, 0.29) is 12.5 Å². The minimum atomic E-state index is -0.556. The van der Waals surface area contributed by atoms with Gasteiger partial charge in [-0.05, 0) is 12.1 Å². The van der Waals surface area contributed by atoms with Crippen molar-refractivity contribution in [2.24, 2.45) is 5.73 Å². The van der Waals surface area contributed by atoms with Crippen LogP contribution < -0.4 is 10.5 Å². The highest BCUT2D eigenvalue weighted by molar-refractivity contribution is 8.26. The normalized spacial score (nSPS) is 16.9. The molecule has 2 N–H and O–H groups in total. The molecule has 104 valence electrons. The van der Waals surface area contributed by atoms with Crippen LogP contribution in [0.2, 0.25) is 0 Å². The molecule has 1 saturated heterocycles. The van der Waals surface area contributed by atoms with E-state index in [2.05, 4.69) is 0 Å². The third-order valence-electron chi connectivity index (χ3n) is 2.56. The molecule has 7 heteroatoms. The number of amides is 2. The largest absolute Gasteiger partial charge is 0.483 e. The number of ether oxygens (including phenoxy) is 1. The number of primary amides is 1. The smallest absolute Gasteiger partial charge is 0.265 e. The van der Waals surface area contributed by atoms with Crippen molar-refractivity contribution in [2.75, 3.05) is 13.7 Å². The Morgan fingerprint density at radius 3 is 2.80 bits per heavy atom. The van der Waals surface area contributed by atoms with Gasteiger partial charge in [-0.15, -0.1) is 0 Å². The van der Waals surface area contributed by atoms with Crippen molar-refractivity contribution in [1.82, 2.24) is 4.90 Å². The summed E-state index contributed by atoms with van der Waals surface area (Å²) < 4.78 is 5.82. The van der Waals surface area contributed by atoms with Crippen LogP contribution in [0.5, 0.6) is 5.75 Å². The lowest BCUT2D eigenvalue weighted by molar-refractivity contribution is -0.121. The highest BCUT2D eigenvalue weighted by Crippen LogP contribution is 2.33. The second-order valence-corrected chi connectivity index (χ2v) is 5.71. The molecule has 0 aromatic heterocycles. The molecule has 2 amide bonds. The lowest BCUT2D eigenvalue weighted by Crippen LogP contribution is -2.22. The Morgan fingerprint density at radius 2 is 2.20 bits per heavy atom. The molecule has 0 bridgehead atoms. The molecule has 2 rings (SSSR count). The van der Waals surface area contributed by atoms with Crippen LogP contribution in [-0.4, -0.2) is 34.7 Å². The Balaban J connectivity index is 2.27. The predicted octanol–water partition coefficient (Wildman–Crippen LogP) is 1.38. The van der Waals surface area contributed by atoms with Crippen molar-refractivity contribution in [3.05, 3.63) is 34.7 Å². The molecule has 5 nitrogen and oxygen atoms in total. The van der Waals surface area contributed by atoms with Crippen molar-refractivity contribution in [2.45, 2.75) is 0 Å². The minimum absolute atomic E-state index is 0.148. The summed E-state index contributed by atoms with van der Waals surface area (Å²) in [5.41, 5.74) is 5.75. The van der Waals surface area contributed by atoms with Gasteiger partial charge in [-0.25, -0.2) is 0 Å². The third kappa shape index (κ3) is 3.17. The summed E-state index contributed by atoms with van der Waals surface area (Å²) in [6, 6.07) is 7.09. The number of thioether (sulfide) groups is 1. The summed E-state index contributed by atoms with van der Waals surface area (Å²) in [7, 11) is 1.63. The summed E-state index contributed by atoms with van der Waals surface area (Å²) in [4.78, 5) is 24.6. The number of carbonyl (C=O) groups excluding carboxylic acids is 2. The van der Waals surface area contributed by atoms with Gasteiger partial charge in [0.15, 0.2) is 6.61 Å². The van der Waals surface area contributed by atoms with Crippen molar-refractivity contribution >= 4 is 46.2 Å². The molecule has 0 aliphatic carbocycles. The van der Waals surface area contributed by atoms with Crippen LogP contribution in [0, 0.1) is 0 Å². The van der Waals surface area contributed by atoms with E-state index in [4.69, 9.17) is 22.7 Å². The lowest BCUT2D eigenvalue weighted by atomic mass is 10.2. The number of hydrogen-bond acceptors (Lipinski definition) is 5. The van der Waals surface area contributed by atoms with Gasteiger partial charge in [0.2, 0.25) is 0 Å². The fourth-order valence-electron chi connectivity index (χ4n) is 1.57. The average molecular weight is 308 g/mol. The Bertz CT molecular complexity index is 613. The molecule has 1 aromatic rings. The summed E-state index contributed by atoms with van der Waals surface area (Å²) in [6.45, 7) is -0.209. The van der Waals surface area contributed by atoms with E-state index in [1.54, 1.807) is 31.3 Å². The van der Waals surface area contributed by atoms with Crippen LogP contribution in [0.4, 0.5) is 0 Å². The molecule has 0 spiro atoms. The Hall–Kier alpha value is -1.86. The van der Waals surface area contributed by atoms with Crippen molar-refractivity contribution in [3.8, 4) is 5.75 Å². The lowest BCUT2D eigenvalue weighted by Gasteiger charge is -2.07. The van der Waals surface area contributed by atoms with Crippen molar-refractivity contribution < 1.29 is 14.3 Å². The van der Waals surface area contributed by atoms with Gasteiger partial charge in [0, 0.05) is 12.6 Å². The topological polar surface area (TPSA) is 72.6 Å². The van der Waals surface area contributed by atoms with Gasteiger partial charge in [-0.3, -0.25) is 14.5 Å². The van der Waals surface area contributed by atoms with E-state index in [1.165, 1.54) is 16.7 Å². The fraction of sp³-hybridized carbons (Fsp3) is 0.154. The number of para-hydroxylation sites is 1. The van der Waals surface area contributed by atoms with E-state index in [0.717, 1.165) is 0 Å². The van der Waals surface area contributed by atoms with E-state index < -0.39 is 5.91 Å². The standard InChI is InChI=1S/C13H12N2O3S2/c1-15-12(17)10(20-13(15)19)6-8-4-2-3-5-9(8)18-7-11(14)16/h2-6H,7H2,1H3,(H2,14,16)/b10-6+. The van der Waals surface area contributed by atoms with Gasteiger partial charge in [0.25, 0.3) is 11.8 Å². The molecule has 1 aromatic carbocycles. The minimum Gasteiger partial charge on any atom is -0.483 e. The number of thiocarbonyl (C=S) groups is 1. The van der Waals surface area contributed by atoms with Gasteiger partial charge in [0.1, 0.15) is 10.1 Å². The summed E-state index contributed by atoms with van der Waals surface area (Å²) in [5, 5.41) is 0. The molecule has 20 heavy (non-hydrogen) atoms. The molecule has 1 aliphatic heterocycles. The molecule has 1 fully saturated rings. The van der Waals surface area contributed by atoms with Gasteiger partial charge < -0.3 is 10.5 Å². The first-order valence-corrected chi connectivity index (χ1v) is 6.93. The van der Waals surface area contributed by atoms with Gasteiger partial charge in [0.05, 0.1) is 4.91 Å². The number of likely N-dealkylation sites (N-methyl/N-ethyl adjacent to an activating group) is 1. The Morgan fingerprint density at radius 1 is 1.50 bits per heavy atom. The summed E-state index contributed by atoms with van der Waals surface area (Å²) >= 11 is 6.30. The number of nitrogens with zero attached hydrogens (tertiary/aromatic N) is 1. The van der Waals surface area contributed by atoms with Gasteiger partial charge in [-0.2, -0.15) is 0 Å². The molecular formula is C13H12N2O3S2. The zero-order valence-electron chi connectivity index (χ0n) is 10.7. The van der Waals surface area contributed by atoms with E-state index >= 15 is 0 Å². The number of carbonyl (C=O) groups is 2. The maximum absolute atomic E-state index is 11.9. The first-order chi connectivity index (χ1) is 9.49.